The topological polar surface area (TPSA) is 77.2 Å². The van der Waals surface area contributed by atoms with Gasteiger partial charge in [0.15, 0.2) is 0 Å². The Balaban J connectivity index is 3.33. The molecule has 0 fully saturated rings. The number of rotatable bonds is 4. The molecular formula is C12H12F3N3O2. The van der Waals surface area contributed by atoms with E-state index in [2.05, 4.69) is 4.98 Å². The summed E-state index contributed by atoms with van der Waals surface area (Å²) in [6.45, 7) is 0.750. The maximum Gasteiger partial charge on any atom is 0.405 e. The predicted molar refractivity (Wildman–Crippen MR) is 64.3 cm³/mol. The molecule has 1 N–H and O–H groups in total. The van der Waals surface area contributed by atoms with Crippen LogP contribution in [-0.2, 0) is 4.79 Å². The van der Waals surface area contributed by atoms with Gasteiger partial charge >= 0.3 is 12.1 Å². The van der Waals surface area contributed by atoms with Gasteiger partial charge in [0.25, 0.3) is 0 Å². The van der Waals surface area contributed by atoms with E-state index in [0.29, 0.717) is 10.6 Å². The molecule has 0 saturated heterocycles. The molecule has 0 unspecified atom stereocenters. The Morgan fingerprint density at radius 1 is 1.50 bits per heavy atom. The highest BCUT2D eigenvalue weighted by molar-refractivity contribution is 5.75. The molecule has 0 saturated carbocycles. The lowest BCUT2D eigenvalue weighted by atomic mass is 10.1. The van der Waals surface area contributed by atoms with Crippen molar-refractivity contribution in [3.8, 4) is 6.07 Å². The van der Waals surface area contributed by atoms with Crippen molar-refractivity contribution in [1.29, 1.82) is 5.26 Å². The van der Waals surface area contributed by atoms with E-state index >= 15 is 0 Å². The predicted octanol–water partition coefficient (Wildman–Crippen LogP) is 2.02. The molecule has 1 aromatic heterocycles. The lowest BCUT2D eigenvalue weighted by Gasteiger charge is -2.25. The second-order valence-electron chi connectivity index (χ2n) is 4.22. The van der Waals surface area contributed by atoms with Crippen LogP contribution in [0.15, 0.2) is 6.07 Å². The Hall–Kier alpha value is -2.30. The molecule has 0 aliphatic heterocycles. The zero-order valence-corrected chi connectivity index (χ0v) is 10.8. The number of halogens is 3. The van der Waals surface area contributed by atoms with Gasteiger partial charge in [0, 0.05) is 5.69 Å². The number of aromatic nitrogens is 1. The average Bonchev–Trinajstić information content (AvgIpc) is 2.24. The summed E-state index contributed by atoms with van der Waals surface area (Å²) in [5.74, 6) is -1.41. The molecule has 8 heteroatoms. The van der Waals surface area contributed by atoms with Crippen LogP contribution in [-0.4, -0.2) is 35.3 Å². The van der Waals surface area contributed by atoms with Gasteiger partial charge in [0.2, 0.25) is 0 Å². The third-order valence-electron chi connectivity index (χ3n) is 2.46. The highest BCUT2D eigenvalue weighted by Gasteiger charge is 2.33. The van der Waals surface area contributed by atoms with Gasteiger partial charge in [0.05, 0.1) is 16.9 Å². The summed E-state index contributed by atoms with van der Waals surface area (Å²) in [5.41, 5.74) is 0.549. The fraction of sp³-hybridized carbons (Fsp3) is 0.417. The Bertz CT molecular complexity index is 564. The normalized spacial score (nSPS) is 11.0. The minimum absolute atomic E-state index is 0.0545. The quantitative estimate of drug-likeness (QED) is 0.916. The van der Waals surface area contributed by atoms with Crippen molar-refractivity contribution in [2.45, 2.75) is 20.0 Å². The van der Waals surface area contributed by atoms with E-state index in [-0.39, 0.29) is 16.9 Å². The van der Waals surface area contributed by atoms with Crippen molar-refractivity contribution in [3.05, 3.63) is 23.0 Å². The molecule has 5 nitrogen and oxygen atoms in total. The Kier molecular flexibility index (Phi) is 4.55. The summed E-state index contributed by atoms with van der Waals surface area (Å²) >= 11 is 0. The molecule has 20 heavy (non-hydrogen) atoms. The maximum atomic E-state index is 12.5. The molecule has 0 aliphatic rings. The molecule has 0 bridgehead atoms. The number of aryl methyl sites for hydroxylation is 2. The number of anilines is 1. The van der Waals surface area contributed by atoms with E-state index in [9.17, 15) is 18.0 Å². The lowest BCUT2D eigenvalue weighted by molar-refractivity contribution is -0.136. The summed E-state index contributed by atoms with van der Waals surface area (Å²) in [4.78, 5) is 15.3. The molecule has 0 aromatic carbocycles. The second kappa shape index (κ2) is 5.77. The van der Waals surface area contributed by atoms with Crippen molar-refractivity contribution >= 4 is 11.7 Å². The highest BCUT2D eigenvalue weighted by atomic mass is 19.4. The van der Waals surface area contributed by atoms with Gasteiger partial charge in [-0.05, 0) is 19.9 Å². The first kappa shape index (κ1) is 15.8. The number of nitrogens with zero attached hydrogens (tertiary/aromatic N) is 3. The molecular weight excluding hydrogens is 275 g/mol. The maximum absolute atomic E-state index is 12.5. The minimum Gasteiger partial charge on any atom is -0.480 e. The van der Waals surface area contributed by atoms with Crippen LogP contribution < -0.4 is 4.90 Å². The molecule has 1 rings (SSSR count). The zero-order chi connectivity index (χ0) is 15.5. The molecule has 0 atom stereocenters. The molecule has 0 spiro atoms. The first-order valence-corrected chi connectivity index (χ1v) is 5.56. The van der Waals surface area contributed by atoms with Crippen molar-refractivity contribution in [2.24, 2.45) is 0 Å². The zero-order valence-electron chi connectivity index (χ0n) is 10.8. The number of aliphatic carboxylic acids is 1. The van der Waals surface area contributed by atoms with Crippen LogP contribution in [0, 0.1) is 25.2 Å². The van der Waals surface area contributed by atoms with Crippen molar-refractivity contribution in [1.82, 2.24) is 4.98 Å². The number of alkyl halides is 3. The Morgan fingerprint density at radius 2 is 2.10 bits per heavy atom. The fourth-order valence-corrected chi connectivity index (χ4v) is 1.80. The summed E-state index contributed by atoms with van der Waals surface area (Å²) in [6.07, 6.45) is -4.58. The largest absolute Gasteiger partial charge is 0.480 e. The van der Waals surface area contributed by atoms with Gasteiger partial charge in [-0.2, -0.15) is 18.4 Å². The standard InChI is InChI=1S/C12H12F3N3O2/c1-7-3-10(9(4-16)8(2)17-7)18(5-11(19)20)6-12(13,14)15/h3H,5-6H2,1-2H3,(H,19,20). The minimum atomic E-state index is -4.58. The van der Waals surface area contributed by atoms with E-state index in [0.717, 1.165) is 0 Å². The second-order valence-corrected chi connectivity index (χ2v) is 4.22. The van der Waals surface area contributed by atoms with Crippen molar-refractivity contribution in [3.63, 3.8) is 0 Å². The summed E-state index contributed by atoms with van der Waals surface area (Å²) in [6, 6.07) is 3.04. The average molecular weight is 287 g/mol. The number of carboxylic acids is 1. The van der Waals surface area contributed by atoms with Crippen LogP contribution in [0.1, 0.15) is 17.0 Å². The number of carbonyl (C=O) groups is 1. The van der Waals surface area contributed by atoms with Gasteiger partial charge < -0.3 is 10.0 Å². The highest BCUT2D eigenvalue weighted by Crippen LogP contribution is 2.27. The number of hydrogen-bond acceptors (Lipinski definition) is 4. The molecule has 0 amide bonds. The van der Waals surface area contributed by atoms with Crippen LogP contribution in [0.3, 0.4) is 0 Å². The van der Waals surface area contributed by atoms with Crippen LogP contribution in [0.4, 0.5) is 18.9 Å². The molecule has 1 heterocycles. The van der Waals surface area contributed by atoms with Gasteiger partial charge in [0.1, 0.15) is 19.2 Å². The third kappa shape index (κ3) is 4.12. The third-order valence-corrected chi connectivity index (χ3v) is 2.46. The lowest BCUT2D eigenvalue weighted by Crippen LogP contribution is -2.38. The van der Waals surface area contributed by atoms with E-state index in [1.807, 2.05) is 0 Å². The van der Waals surface area contributed by atoms with E-state index in [1.165, 1.54) is 13.0 Å². The molecule has 108 valence electrons. The van der Waals surface area contributed by atoms with E-state index < -0.39 is 25.2 Å². The van der Waals surface area contributed by atoms with Gasteiger partial charge in [-0.3, -0.25) is 9.78 Å². The fourth-order valence-electron chi connectivity index (χ4n) is 1.80. The van der Waals surface area contributed by atoms with Gasteiger partial charge in [-0.15, -0.1) is 0 Å². The monoisotopic (exact) mass is 287 g/mol. The van der Waals surface area contributed by atoms with Crippen molar-refractivity contribution < 1.29 is 23.1 Å². The van der Waals surface area contributed by atoms with Crippen molar-refractivity contribution in [2.75, 3.05) is 18.0 Å². The van der Waals surface area contributed by atoms with Gasteiger partial charge in [-0.25, -0.2) is 0 Å². The van der Waals surface area contributed by atoms with E-state index in [4.69, 9.17) is 10.4 Å². The Labute approximate surface area is 113 Å². The molecule has 0 aliphatic carbocycles. The number of hydrogen-bond donors (Lipinski definition) is 1. The number of pyridine rings is 1. The first-order chi connectivity index (χ1) is 9.14. The molecule has 1 aromatic rings. The SMILES string of the molecule is Cc1cc(N(CC(=O)O)CC(F)(F)F)c(C#N)c(C)n1. The number of carboxylic acid groups (broad SMARTS) is 1. The first-order valence-electron chi connectivity index (χ1n) is 5.56. The van der Waals surface area contributed by atoms with Gasteiger partial charge in [-0.1, -0.05) is 0 Å². The van der Waals surface area contributed by atoms with Crippen LogP contribution in [0.5, 0.6) is 0 Å². The number of nitriles is 1. The Morgan fingerprint density at radius 3 is 2.55 bits per heavy atom. The molecule has 0 radical (unpaired) electrons. The van der Waals surface area contributed by atoms with Crippen LogP contribution in [0.25, 0.3) is 0 Å². The van der Waals surface area contributed by atoms with Crippen LogP contribution >= 0.6 is 0 Å². The summed E-state index contributed by atoms with van der Waals surface area (Å²) < 4.78 is 37.6. The smallest absolute Gasteiger partial charge is 0.405 e. The summed E-state index contributed by atoms with van der Waals surface area (Å²) in [5, 5.41) is 17.8. The van der Waals surface area contributed by atoms with Crippen LogP contribution in [0.2, 0.25) is 0 Å². The summed E-state index contributed by atoms with van der Waals surface area (Å²) in [7, 11) is 0. The van der Waals surface area contributed by atoms with E-state index in [1.54, 1.807) is 13.0 Å².